The van der Waals surface area contributed by atoms with Crippen LogP contribution in [0.15, 0.2) is 0 Å². The Morgan fingerprint density at radius 3 is 2.61 bits per heavy atom. The molecule has 1 atom stereocenters. The Labute approximate surface area is 107 Å². The Balaban J connectivity index is 2.67. The monoisotopic (exact) mass is 264 g/mol. The number of alkyl halides is 2. The minimum atomic E-state index is -2.54. The van der Waals surface area contributed by atoms with E-state index in [1.807, 2.05) is 0 Å². The van der Waals surface area contributed by atoms with Crippen molar-refractivity contribution in [1.29, 1.82) is 0 Å². The molecule has 1 N–H and O–H groups in total. The van der Waals surface area contributed by atoms with Crippen molar-refractivity contribution in [3.8, 4) is 0 Å². The third-order valence-corrected chi connectivity index (χ3v) is 2.67. The molecule has 0 aromatic rings. The van der Waals surface area contributed by atoms with Gasteiger partial charge in [0.1, 0.15) is 5.60 Å². The van der Waals surface area contributed by atoms with Crippen molar-refractivity contribution < 1.29 is 18.3 Å². The summed E-state index contributed by atoms with van der Waals surface area (Å²) in [6.45, 7) is 6.03. The van der Waals surface area contributed by atoms with Gasteiger partial charge in [0.05, 0.1) is 6.54 Å². The quantitative estimate of drug-likeness (QED) is 0.850. The van der Waals surface area contributed by atoms with Crippen LogP contribution in [0, 0.1) is 0 Å². The number of piperidine rings is 1. The van der Waals surface area contributed by atoms with E-state index in [2.05, 4.69) is 5.32 Å². The maximum absolute atomic E-state index is 12.6. The van der Waals surface area contributed by atoms with Gasteiger partial charge < -0.3 is 10.1 Å². The van der Waals surface area contributed by atoms with E-state index in [9.17, 15) is 13.6 Å². The molecule has 1 heterocycles. The van der Waals surface area contributed by atoms with E-state index in [0.29, 0.717) is 6.54 Å². The van der Waals surface area contributed by atoms with Crippen molar-refractivity contribution in [2.75, 3.05) is 19.6 Å². The molecule has 18 heavy (non-hydrogen) atoms. The lowest BCUT2D eigenvalue weighted by Gasteiger charge is -2.35. The molecule has 0 radical (unpaired) electrons. The molecule has 106 valence electrons. The Hall–Kier alpha value is -0.910. The van der Waals surface area contributed by atoms with Crippen molar-refractivity contribution in [2.24, 2.45) is 0 Å². The molecular weight excluding hydrogens is 242 g/mol. The lowest BCUT2D eigenvalue weighted by Crippen LogP contribution is -2.51. The number of carbonyl (C=O) groups excluding carboxylic acids is 1. The second-order valence-electron chi connectivity index (χ2n) is 5.52. The van der Waals surface area contributed by atoms with E-state index in [4.69, 9.17) is 4.74 Å². The highest BCUT2D eigenvalue weighted by Gasteiger charge is 2.31. The van der Waals surface area contributed by atoms with Crippen LogP contribution >= 0.6 is 0 Å². The average Bonchev–Trinajstić information content (AvgIpc) is 2.24. The summed E-state index contributed by atoms with van der Waals surface area (Å²) in [6.07, 6.45) is -1.58. The van der Waals surface area contributed by atoms with Crippen LogP contribution in [0.25, 0.3) is 0 Å². The predicted octanol–water partition coefficient (Wildman–Crippen LogP) is 2.24. The zero-order valence-corrected chi connectivity index (χ0v) is 11.2. The smallest absolute Gasteiger partial charge is 0.410 e. The fourth-order valence-electron chi connectivity index (χ4n) is 1.94. The minimum Gasteiger partial charge on any atom is -0.444 e. The molecule has 0 spiro atoms. The number of carbonyl (C=O) groups is 1. The van der Waals surface area contributed by atoms with Crippen LogP contribution in [0.5, 0.6) is 0 Å². The number of rotatable bonds is 3. The van der Waals surface area contributed by atoms with Gasteiger partial charge in [-0.15, -0.1) is 0 Å². The summed E-state index contributed by atoms with van der Waals surface area (Å²) in [5.74, 6) is 0. The molecule has 1 saturated heterocycles. The van der Waals surface area contributed by atoms with Crippen molar-refractivity contribution in [1.82, 2.24) is 10.2 Å². The van der Waals surface area contributed by atoms with E-state index < -0.39 is 24.7 Å². The summed E-state index contributed by atoms with van der Waals surface area (Å²) in [6, 6.07) is -0.206. The SMILES string of the molecule is CC(C)(C)OC(=O)N(CC(F)F)C1CCCNC1. The van der Waals surface area contributed by atoms with Crippen LogP contribution in [0.1, 0.15) is 33.6 Å². The first-order chi connectivity index (χ1) is 8.29. The Kier molecular flexibility index (Phi) is 5.31. The van der Waals surface area contributed by atoms with Gasteiger partial charge in [-0.2, -0.15) is 0 Å². The van der Waals surface area contributed by atoms with Gasteiger partial charge in [-0.25, -0.2) is 13.6 Å². The third-order valence-electron chi connectivity index (χ3n) is 2.67. The van der Waals surface area contributed by atoms with Gasteiger partial charge in [-0.1, -0.05) is 0 Å². The van der Waals surface area contributed by atoms with Gasteiger partial charge in [0.15, 0.2) is 0 Å². The summed E-state index contributed by atoms with van der Waals surface area (Å²) in [4.78, 5) is 13.1. The Morgan fingerprint density at radius 2 is 2.17 bits per heavy atom. The zero-order valence-electron chi connectivity index (χ0n) is 11.2. The molecule has 1 rings (SSSR count). The first-order valence-corrected chi connectivity index (χ1v) is 6.28. The van der Waals surface area contributed by atoms with E-state index in [-0.39, 0.29) is 6.04 Å². The number of ether oxygens (including phenoxy) is 1. The zero-order chi connectivity index (χ0) is 13.8. The van der Waals surface area contributed by atoms with E-state index in [1.165, 1.54) is 0 Å². The van der Waals surface area contributed by atoms with Gasteiger partial charge in [0, 0.05) is 12.6 Å². The van der Waals surface area contributed by atoms with E-state index in [1.54, 1.807) is 20.8 Å². The Morgan fingerprint density at radius 1 is 1.50 bits per heavy atom. The largest absolute Gasteiger partial charge is 0.444 e. The number of hydrogen-bond donors (Lipinski definition) is 1. The molecule has 1 aliphatic rings. The standard InChI is InChI=1S/C12H22F2N2O2/c1-12(2,3)18-11(17)16(8-10(13)14)9-5-4-6-15-7-9/h9-10,15H,4-8H2,1-3H3. The second-order valence-corrected chi connectivity index (χ2v) is 5.52. The molecule has 0 saturated carbocycles. The number of halogens is 2. The molecule has 0 aromatic heterocycles. The molecule has 6 heteroatoms. The highest BCUT2D eigenvalue weighted by Crippen LogP contribution is 2.17. The third kappa shape index (κ3) is 5.16. The van der Waals surface area contributed by atoms with Gasteiger partial charge in [-0.05, 0) is 40.2 Å². The molecular formula is C12H22F2N2O2. The maximum Gasteiger partial charge on any atom is 0.410 e. The maximum atomic E-state index is 12.6. The second kappa shape index (κ2) is 6.31. The summed E-state index contributed by atoms with van der Waals surface area (Å²) < 4.78 is 30.3. The van der Waals surface area contributed by atoms with Crippen LogP contribution in [-0.2, 0) is 4.74 Å². The van der Waals surface area contributed by atoms with Crippen LogP contribution < -0.4 is 5.32 Å². The molecule has 1 amide bonds. The molecule has 1 unspecified atom stereocenters. The fourth-order valence-corrected chi connectivity index (χ4v) is 1.94. The summed E-state index contributed by atoms with van der Waals surface area (Å²) in [5.41, 5.74) is -0.667. The highest BCUT2D eigenvalue weighted by molar-refractivity contribution is 5.68. The molecule has 0 bridgehead atoms. The topological polar surface area (TPSA) is 41.6 Å². The average molecular weight is 264 g/mol. The summed E-state index contributed by atoms with van der Waals surface area (Å²) >= 11 is 0. The molecule has 0 aromatic carbocycles. The minimum absolute atomic E-state index is 0.206. The fraction of sp³-hybridized carbons (Fsp3) is 0.917. The molecule has 1 fully saturated rings. The molecule has 1 aliphatic heterocycles. The number of amides is 1. The lowest BCUT2D eigenvalue weighted by molar-refractivity contribution is -0.00376. The molecule has 0 aliphatic carbocycles. The van der Waals surface area contributed by atoms with Gasteiger partial charge in [0.2, 0.25) is 0 Å². The van der Waals surface area contributed by atoms with Crippen LogP contribution in [0.3, 0.4) is 0 Å². The van der Waals surface area contributed by atoms with Gasteiger partial charge >= 0.3 is 6.09 Å². The number of nitrogens with zero attached hydrogens (tertiary/aromatic N) is 1. The van der Waals surface area contributed by atoms with Crippen molar-refractivity contribution in [3.63, 3.8) is 0 Å². The van der Waals surface area contributed by atoms with Crippen LogP contribution in [-0.4, -0.2) is 48.7 Å². The van der Waals surface area contributed by atoms with Crippen molar-refractivity contribution in [3.05, 3.63) is 0 Å². The summed E-state index contributed by atoms with van der Waals surface area (Å²) in [7, 11) is 0. The number of nitrogens with one attached hydrogen (secondary N) is 1. The first kappa shape index (κ1) is 15.1. The normalized spacial score (nSPS) is 20.9. The predicted molar refractivity (Wildman–Crippen MR) is 64.8 cm³/mol. The van der Waals surface area contributed by atoms with E-state index in [0.717, 1.165) is 24.3 Å². The van der Waals surface area contributed by atoms with Crippen LogP contribution in [0.2, 0.25) is 0 Å². The van der Waals surface area contributed by atoms with Gasteiger partial charge in [0.25, 0.3) is 6.43 Å². The molecule has 4 nitrogen and oxygen atoms in total. The first-order valence-electron chi connectivity index (χ1n) is 6.28. The Bertz CT molecular complexity index is 274. The highest BCUT2D eigenvalue weighted by atomic mass is 19.3. The van der Waals surface area contributed by atoms with Gasteiger partial charge in [-0.3, -0.25) is 4.90 Å². The lowest BCUT2D eigenvalue weighted by atomic mass is 10.1. The van der Waals surface area contributed by atoms with E-state index >= 15 is 0 Å². The summed E-state index contributed by atoms with van der Waals surface area (Å²) in [5, 5.41) is 3.11. The van der Waals surface area contributed by atoms with Crippen LogP contribution in [0.4, 0.5) is 13.6 Å². The van der Waals surface area contributed by atoms with Crippen molar-refractivity contribution in [2.45, 2.75) is 51.7 Å². The number of hydrogen-bond acceptors (Lipinski definition) is 3. The van der Waals surface area contributed by atoms with Crippen molar-refractivity contribution >= 4 is 6.09 Å².